The molecule has 2 atom stereocenters. The second kappa shape index (κ2) is 17.5. The molecular formula is C17H28N6O7S. The highest BCUT2D eigenvalue weighted by molar-refractivity contribution is 7.98. The van der Waals surface area contributed by atoms with Crippen LogP contribution >= 0.6 is 11.8 Å². The molecule has 0 radical (unpaired) electrons. The number of hydrogen-bond acceptors (Lipinski definition) is 9. The van der Waals surface area contributed by atoms with Crippen molar-refractivity contribution in [2.75, 3.05) is 12.0 Å². The predicted molar refractivity (Wildman–Crippen MR) is 113 cm³/mol. The molecule has 1 heterocycles. The molecule has 174 valence electrons. The zero-order valence-corrected chi connectivity index (χ0v) is 18.1. The van der Waals surface area contributed by atoms with Crippen molar-refractivity contribution in [1.82, 2.24) is 20.8 Å². The molecule has 0 aliphatic heterocycles. The topological polar surface area (TPSA) is 224 Å². The van der Waals surface area contributed by atoms with Crippen LogP contribution in [0.2, 0.25) is 0 Å². The van der Waals surface area contributed by atoms with Gasteiger partial charge in [-0.25, -0.2) is 9.59 Å². The number of terminal acetylenes is 1. The summed E-state index contributed by atoms with van der Waals surface area (Å²) >= 11 is 1.64. The molecule has 1 aromatic rings. The molecule has 1 rings (SSSR count). The fourth-order valence-electron chi connectivity index (χ4n) is 1.75. The number of nitrogens with two attached hydrogens (primary N) is 2. The van der Waals surface area contributed by atoms with E-state index in [-0.39, 0.29) is 37.2 Å². The Hall–Kier alpha value is -3.31. The van der Waals surface area contributed by atoms with Gasteiger partial charge in [0.2, 0.25) is 11.8 Å². The summed E-state index contributed by atoms with van der Waals surface area (Å²) in [5.41, 5.74) is 10.4. The van der Waals surface area contributed by atoms with Crippen LogP contribution in [0.15, 0.2) is 4.52 Å². The Labute approximate surface area is 183 Å². The fraction of sp³-hybridized carbons (Fsp3) is 0.529. The molecule has 14 heteroatoms. The van der Waals surface area contributed by atoms with Crippen LogP contribution in [-0.2, 0) is 20.9 Å². The maximum atomic E-state index is 11.7. The number of carbonyl (C=O) groups excluding carboxylic acids is 2. The van der Waals surface area contributed by atoms with Gasteiger partial charge in [-0.2, -0.15) is 16.7 Å². The van der Waals surface area contributed by atoms with E-state index in [0.29, 0.717) is 12.2 Å². The van der Waals surface area contributed by atoms with Crippen LogP contribution in [0.4, 0.5) is 4.79 Å². The number of carboxylic acids is 2. The number of carbonyl (C=O) groups is 4. The highest BCUT2D eigenvalue weighted by Crippen LogP contribution is 2.12. The van der Waals surface area contributed by atoms with Gasteiger partial charge in [-0.1, -0.05) is 5.16 Å². The summed E-state index contributed by atoms with van der Waals surface area (Å²) in [6.45, 7) is 1.19. The van der Waals surface area contributed by atoms with Gasteiger partial charge in [0.05, 0.1) is 12.6 Å². The van der Waals surface area contributed by atoms with Crippen LogP contribution < -0.4 is 22.1 Å². The zero-order valence-electron chi connectivity index (χ0n) is 17.2. The lowest BCUT2D eigenvalue weighted by molar-refractivity contribution is -0.140. The number of nitrogens with one attached hydrogen (secondary N) is 2. The smallest absolute Gasteiger partial charge is 0.326 e. The highest BCUT2D eigenvalue weighted by Gasteiger charge is 2.21. The molecule has 0 spiro atoms. The number of rotatable bonds is 11. The van der Waals surface area contributed by atoms with Crippen LogP contribution in [0.25, 0.3) is 0 Å². The second-order valence-corrected chi connectivity index (χ2v) is 6.68. The van der Waals surface area contributed by atoms with Crippen LogP contribution in [0.1, 0.15) is 43.9 Å². The molecule has 0 fully saturated rings. The van der Waals surface area contributed by atoms with Gasteiger partial charge in [0.15, 0.2) is 5.82 Å². The first-order valence-electron chi connectivity index (χ1n) is 8.72. The first-order valence-corrected chi connectivity index (χ1v) is 10.1. The minimum absolute atomic E-state index is 0.112. The number of carboxylic acid groups (broad SMARTS) is 2. The zero-order chi connectivity index (χ0) is 24.4. The first kappa shape index (κ1) is 29.9. The Kier molecular flexibility index (Phi) is 16.9. The molecular weight excluding hydrogens is 432 g/mol. The van der Waals surface area contributed by atoms with E-state index in [9.17, 15) is 19.2 Å². The molecule has 8 N–H and O–H groups in total. The minimum Gasteiger partial charge on any atom is -0.481 e. The van der Waals surface area contributed by atoms with E-state index >= 15 is 0 Å². The summed E-state index contributed by atoms with van der Waals surface area (Å²) in [7, 11) is 0. The molecule has 3 amide bonds. The molecule has 0 aliphatic carbocycles. The normalized spacial score (nSPS) is 11.4. The summed E-state index contributed by atoms with van der Waals surface area (Å²) < 4.78 is 4.96. The van der Waals surface area contributed by atoms with Gasteiger partial charge in [0.1, 0.15) is 6.04 Å². The first-order chi connectivity index (χ1) is 14.6. The fourth-order valence-corrected chi connectivity index (χ4v) is 2.24. The highest BCUT2D eigenvalue weighted by atomic mass is 32.2. The third kappa shape index (κ3) is 16.2. The van der Waals surface area contributed by atoms with Gasteiger partial charge >= 0.3 is 18.0 Å². The van der Waals surface area contributed by atoms with Crippen molar-refractivity contribution in [3.05, 3.63) is 11.7 Å². The van der Waals surface area contributed by atoms with Gasteiger partial charge in [0.25, 0.3) is 0 Å². The Morgan fingerprint density at radius 2 is 1.81 bits per heavy atom. The quantitative estimate of drug-likeness (QED) is 0.235. The SMILES string of the molecule is C#C.CC(N)=O.CSCC[C@H](N)c1noc(CNC(=O)N[C@@H](CCC(=O)O)C(=O)O)n1. The number of aliphatic carboxylic acids is 2. The van der Waals surface area contributed by atoms with Gasteiger partial charge in [-0.3, -0.25) is 9.59 Å². The Morgan fingerprint density at radius 1 is 1.23 bits per heavy atom. The Balaban J connectivity index is 0. The van der Waals surface area contributed by atoms with Crippen molar-refractivity contribution < 1.29 is 33.9 Å². The third-order valence-electron chi connectivity index (χ3n) is 3.10. The summed E-state index contributed by atoms with van der Waals surface area (Å²) in [6.07, 6.45) is 10.0. The average Bonchev–Trinajstić information content (AvgIpc) is 3.17. The van der Waals surface area contributed by atoms with E-state index in [4.69, 9.17) is 20.5 Å². The molecule has 13 nitrogen and oxygen atoms in total. The number of primary amides is 1. The number of amides is 3. The van der Waals surface area contributed by atoms with E-state index in [1.165, 1.54) is 6.92 Å². The largest absolute Gasteiger partial charge is 0.481 e. The Bertz CT molecular complexity index is 721. The summed E-state index contributed by atoms with van der Waals surface area (Å²) in [5.74, 6) is -1.50. The van der Waals surface area contributed by atoms with Gasteiger partial charge < -0.3 is 36.8 Å². The minimum atomic E-state index is -1.32. The molecule has 0 unspecified atom stereocenters. The lowest BCUT2D eigenvalue weighted by Gasteiger charge is -2.13. The summed E-state index contributed by atoms with van der Waals surface area (Å²) in [4.78, 5) is 46.5. The van der Waals surface area contributed by atoms with Crippen LogP contribution in [0.5, 0.6) is 0 Å². The lowest BCUT2D eigenvalue weighted by Crippen LogP contribution is -2.46. The summed E-state index contributed by atoms with van der Waals surface area (Å²) in [6, 6.07) is -2.47. The summed E-state index contributed by atoms with van der Waals surface area (Å²) in [5, 5.41) is 25.8. The van der Waals surface area contributed by atoms with E-state index in [2.05, 4.69) is 39.4 Å². The number of nitrogens with zero attached hydrogens (tertiary/aromatic N) is 2. The van der Waals surface area contributed by atoms with Crippen molar-refractivity contribution in [2.45, 2.75) is 44.8 Å². The van der Waals surface area contributed by atoms with E-state index in [1.807, 2.05) is 6.26 Å². The number of aromatic nitrogens is 2. The predicted octanol–water partition coefficient (Wildman–Crippen LogP) is -0.319. The van der Waals surface area contributed by atoms with Crippen molar-refractivity contribution in [2.24, 2.45) is 11.5 Å². The number of urea groups is 1. The van der Waals surface area contributed by atoms with Crippen molar-refractivity contribution in [3.63, 3.8) is 0 Å². The van der Waals surface area contributed by atoms with Gasteiger partial charge in [0, 0.05) is 13.3 Å². The molecule has 0 saturated carbocycles. The molecule has 0 aromatic carbocycles. The van der Waals surface area contributed by atoms with E-state index in [1.54, 1.807) is 11.8 Å². The van der Waals surface area contributed by atoms with Crippen molar-refractivity contribution in [3.8, 4) is 12.8 Å². The van der Waals surface area contributed by atoms with Crippen LogP contribution in [-0.4, -0.2) is 62.3 Å². The average molecular weight is 461 g/mol. The maximum Gasteiger partial charge on any atom is 0.326 e. The van der Waals surface area contributed by atoms with E-state index in [0.717, 1.165) is 5.75 Å². The van der Waals surface area contributed by atoms with Gasteiger partial charge in [-0.05, 0) is 24.9 Å². The van der Waals surface area contributed by atoms with E-state index < -0.39 is 24.0 Å². The second-order valence-electron chi connectivity index (χ2n) is 5.70. The lowest BCUT2D eigenvalue weighted by atomic mass is 10.1. The molecule has 31 heavy (non-hydrogen) atoms. The monoisotopic (exact) mass is 460 g/mol. The number of thioether (sulfide) groups is 1. The maximum absolute atomic E-state index is 11.7. The van der Waals surface area contributed by atoms with Crippen LogP contribution in [0, 0.1) is 12.8 Å². The third-order valence-corrected chi connectivity index (χ3v) is 3.74. The molecule has 0 saturated heterocycles. The van der Waals surface area contributed by atoms with Crippen molar-refractivity contribution in [1.29, 1.82) is 0 Å². The standard InChI is InChI=1S/C13H21N5O6S.C2H5NO.C2H2/c1-25-5-4-7(14)11-17-9(24-18-11)6-15-13(23)16-8(12(21)22)2-3-10(19)20;1-2(3)4;1-2/h7-8H,2-6,14H2,1H3,(H,19,20)(H,21,22)(H2,15,16,23);1H3,(H2,3,4);1-2H/t7-,8-;;/m0../s1. The van der Waals surface area contributed by atoms with Crippen LogP contribution in [0.3, 0.4) is 0 Å². The molecule has 0 bridgehead atoms. The Morgan fingerprint density at radius 3 is 2.29 bits per heavy atom. The number of hydrogen-bond donors (Lipinski definition) is 6. The van der Waals surface area contributed by atoms with Crippen molar-refractivity contribution >= 4 is 35.6 Å². The van der Waals surface area contributed by atoms with Gasteiger partial charge in [-0.15, -0.1) is 12.8 Å². The molecule has 0 aliphatic rings. The molecule has 1 aromatic heterocycles.